The lowest BCUT2D eigenvalue weighted by Crippen LogP contribution is -2.46. The van der Waals surface area contributed by atoms with E-state index in [1.165, 1.54) is 6.42 Å². The first-order chi connectivity index (χ1) is 12.1. The van der Waals surface area contributed by atoms with Crippen molar-refractivity contribution in [3.63, 3.8) is 0 Å². The Morgan fingerprint density at radius 3 is 2.88 bits per heavy atom. The van der Waals surface area contributed by atoms with Crippen LogP contribution in [0, 0.1) is 5.92 Å². The molecule has 2 aliphatic heterocycles. The molecular formula is C19H29N3O3. The van der Waals surface area contributed by atoms with Crippen molar-refractivity contribution < 1.29 is 14.3 Å². The molecule has 1 aromatic rings. The minimum absolute atomic E-state index is 0.0633. The molecule has 1 amide bonds. The van der Waals surface area contributed by atoms with Crippen LogP contribution >= 0.6 is 0 Å². The smallest absolute Gasteiger partial charge is 0.255 e. The van der Waals surface area contributed by atoms with Gasteiger partial charge in [0.05, 0.1) is 31.1 Å². The topological polar surface area (TPSA) is 54.9 Å². The summed E-state index contributed by atoms with van der Waals surface area (Å²) in [5.74, 6) is 1.26. The molecule has 0 aromatic carbocycles. The van der Waals surface area contributed by atoms with Crippen molar-refractivity contribution in [2.24, 2.45) is 5.92 Å². The summed E-state index contributed by atoms with van der Waals surface area (Å²) < 4.78 is 11.1. The van der Waals surface area contributed by atoms with E-state index in [9.17, 15) is 4.79 Å². The highest BCUT2D eigenvalue weighted by Gasteiger charge is 2.26. The lowest BCUT2D eigenvalue weighted by atomic mass is 9.96. The first-order valence-corrected chi connectivity index (χ1v) is 9.33. The number of carbonyl (C=O) groups excluding carboxylic acids is 1. The molecule has 1 atom stereocenters. The highest BCUT2D eigenvalue weighted by Crippen LogP contribution is 2.21. The maximum atomic E-state index is 12.9. The van der Waals surface area contributed by atoms with Crippen molar-refractivity contribution in [2.45, 2.75) is 32.8 Å². The van der Waals surface area contributed by atoms with Gasteiger partial charge in [0.2, 0.25) is 0 Å². The Kier molecular flexibility index (Phi) is 6.26. The summed E-state index contributed by atoms with van der Waals surface area (Å²) in [6.07, 6.45) is 5.63. The van der Waals surface area contributed by atoms with Gasteiger partial charge in [0.25, 0.3) is 5.91 Å². The first kappa shape index (κ1) is 18.1. The van der Waals surface area contributed by atoms with E-state index in [0.717, 1.165) is 52.4 Å². The standard InChI is InChI=1S/C19H29N3O3/c1-15(2)25-18-10-17(11-20-12-18)19(23)22-5-3-4-16(14-22)13-21-6-8-24-9-7-21/h10-12,15-16H,3-9,13-14H2,1-2H3/t16-/m1/s1. The SMILES string of the molecule is CC(C)Oc1cncc(C(=O)N2CCC[C@H](CN3CCOCC3)C2)c1. The Morgan fingerprint density at radius 2 is 2.12 bits per heavy atom. The average Bonchev–Trinajstić information content (AvgIpc) is 2.62. The van der Waals surface area contributed by atoms with Crippen LogP contribution in [0.4, 0.5) is 0 Å². The molecule has 1 aromatic heterocycles. The number of likely N-dealkylation sites (tertiary alicyclic amines) is 1. The number of amides is 1. The van der Waals surface area contributed by atoms with E-state index in [1.54, 1.807) is 18.5 Å². The summed E-state index contributed by atoms with van der Waals surface area (Å²) in [4.78, 5) is 21.5. The zero-order valence-electron chi connectivity index (χ0n) is 15.3. The van der Waals surface area contributed by atoms with Crippen LogP contribution in [0.2, 0.25) is 0 Å². The number of hydrogen-bond donors (Lipinski definition) is 0. The summed E-state index contributed by atoms with van der Waals surface area (Å²) in [5.41, 5.74) is 0.616. The molecule has 0 bridgehead atoms. The first-order valence-electron chi connectivity index (χ1n) is 9.33. The van der Waals surface area contributed by atoms with Crippen molar-refractivity contribution in [2.75, 3.05) is 45.9 Å². The van der Waals surface area contributed by atoms with Gasteiger partial charge < -0.3 is 14.4 Å². The number of aromatic nitrogens is 1. The van der Waals surface area contributed by atoms with E-state index in [4.69, 9.17) is 9.47 Å². The minimum Gasteiger partial charge on any atom is -0.489 e. The fraction of sp³-hybridized carbons (Fsp3) is 0.684. The van der Waals surface area contributed by atoms with Gasteiger partial charge in [0, 0.05) is 38.9 Å². The van der Waals surface area contributed by atoms with E-state index < -0.39 is 0 Å². The third-order valence-corrected chi connectivity index (χ3v) is 4.76. The quantitative estimate of drug-likeness (QED) is 0.816. The van der Waals surface area contributed by atoms with Crippen LogP contribution in [0.25, 0.3) is 0 Å². The van der Waals surface area contributed by atoms with Gasteiger partial charge >= 0.3 is 0 Å². The molecular weight excluding hydrogens is 318 g/mol. The number of ether oxygens (including phenoxy) is 2. The molecule has 2 aliphatic rings. The predicted octanol–water partition coefficient (Wildman–Crippen LogP) is 2.05. The van der Waals surface area contributed by atoms with Gasteiger partial charge in [-0.15, -0.1) is 0 Å². The second kappa shape index (κ2) is 8.63. The fourth-order valence-electron chi connectivity index (χ4n) is 3.60. The summed E-state index contributed by atoms with van der Waals surface area (Å²) in [5, 5.41) is 0. The van der Waals surface area contributed by atoms with Crippen molar-refractivity contribution in [1.82, 2.24) is 14.8 Å². The molecule has 6 heteroatoms. The molecule has 0 radical (unpaired) electrons. The minimum atomic E-state index is 0.0633. The number of morpholine rings is 1. The molecule has 0 saturated carbocycles. The summed E-state index contributed by atoms with van der Waals surface area (Å²) in [6, 6.07) is 1.81. The molecule has 3 heterocycles. The Hall–Kier alpha value is -1.66. The van der Waals surface area contributed by atoms with Crippen molar-refractivity contribution in [3.8, 4) is 5.75 Å². The number of piperidine rings is 1. The van der Waals surface area contributed by atoms with Gasteiger partial charge in [-0.1, -0.05) is 0 Å². The third kappa shape index (κ3) is 5.16. The number of nitrogens with zero attached hydrogens (tertiary/aromatic N) is 3. The van der Waals surface area contributed by atoms with Crippen LogP contribution in [0.3, 0.4) is 0 Å². The van der Waals surface area contributed by atoms with Gasteiger partial charge in [-0.05, 0) is 38.7 Å². The second-order valence-electron chi connectivity index (χ2n) is 7.25. The highest BCUT2D eigenvalue weighted by atomic mass is 16.5. The molecule has 2 fully saturated rings. The zero-order chi connectivity index (χ0) is 17.6. The molecule has 6 nitrogen and oxygen atoms in total. The lowest BCUT2D eigenvalue weighted by molar-refractivity contribution is 0.0223. The van der Waals surface area contributed by atoms with E-state index >= 15 is 0 Å². The molecule has 0 aliphatic carbocycles. The largest absolute Gasteiger partial charge is 0.489 e. The van der Waals surface area contributed by atoms with Crippen LogP contribution in [-0.2, 0) is 4.74 Å². The Morgan fingerprint density at radius 1 is 1.32 bits per heavy atom. The molecule has 0 N–H and O–H groups in total. The zero-order valence-corrected chi connectivity index (χ0v) is 15.3. The average molecular weight is 347 g/mol. The van der Waals surface area contributed by atoms with Gasteiger partial charge in [0.15, 0.2) is 0 Å². The highest BCUT2D eigenvalue weighted by molar-refractivity contribution is 5.94. The number of pyridine rings is 1. The summed E-state index contributed by atoms with van der Waals surface area (Å²) in [6.45, 7) is 10.3. The molecule has 3 rings (SSSR count). The number of hydrogen-bond acceptors (Lipinski definition) is 5. The molecule has 138 valence electrons. The van der Waals surface area contributed by atoms with Crippen LogP contribution in [0.1, 0.15) is 37.0 Å². The Labute approximate surface area is 150 Å². The molecule has 2 saturated heterocycles. The van der Waals surface area contributed by atoms with Crippen LogP contribution in [0.5, 0.6) is 5.75 Å². The fourth-order valence-corrected chi connectivity index (χ4v) is 3.60. The van der Waals surface area contributed by atoms with E-state index in [-0.39, 0.29) is 12.0 Å². The normalized spacial score (nSPS) is 22.2. The van der Waals surface area contributed by atoms with Crippen molar-refractivity contribution in [3.05, 3.63) is 24.0 Å². The van der Waals surface area contributed by atoms with Gasteiger partial charge in [0.1, 0.15) is 5.75 Å². The Balaban J connectivity index is 1.59. The Bertz CT molecular complexity index is 573. The van der Waals surface area contributed by atoms with Crippen LogP contribution in [0.15, 0.2) is 18.5 Å². The maximum Gasteiger partial charge on any atom is 0.255 e. The van der Waals surface area contributed by atoms with E-state index in [2.05, 4.69) is 9.88 Å². The van der Waals surface area contributed by atoms with Crippen molar-refractivity contribution in [1.29, 1.82) is 0 Å². The monoisotopic (exact) mass is 347 g/mol. The van der Waals surface area contributed by atoms with Crippen LogP contribution < -0.4 is 4.74 Å². The third-order valence-electron chi connectivity index (χ3n) is 4.76. The predicted molar refractivity (Wildman–Crippen MR) is 95.9 cm³/mol. The maximum absolute atomic E-state index is 12.9. The number of rotatable bonds is 5. The van der Waals surface area contributed by atoms with E-state index in [1.807, 2.05) is 18.7 Å². The van der Waals surface area contributed by atoms with Gasteiger partial charge in [-0.3, -0.25) is 14.7 Å². The number of carbonyl (C=O) groups is 1. The molecule has 0 unspecified atom stereocenters. The molecule has 0 spiro atoms. The van der Waals surface area contributed by atoms with E-state index in [0.29, 0.717) is 17.2 Å². The molecule has 25 heavy (non-hydrogen) atoms. The van der Waals surface area contributed by atoms with Gasteiger partial charge in [-0.2, -0.15) is 0 Å². The lowest BCUT2D eigenvalue weighted by Gasteiger charge is -2.36. The van der Waals surface area contributed by atoms with Crippen molar-refractivity contribution >= 4 is 5.91 Å². The summed E-state index contributed by atoms with van der Waals surface area (Å²) in [7, 11) is 0. The summed E-state index contributed by atoms with van der Waals surface area (Å²) >= 11 is 0. The van der Waals surface area contributed by atoms with Gasteiger partial charge in [-0.25, -0.2) is 0 Å². The second-order valence-corrected chi connectivity index (χ2v) is 7.25. The van der Waals surface area contributed by atoms with Crippen LogP contribution in [-0.4, -0.2) is 72.7 Å².